The highest BCUT2D eigenvalue weighted by atomic mass is 35.5. The molecule has 0 spiro atoms. The number of carbonyl (C=O) groups is 1. The number of rotatable bonds is 5. The molecule has 0 N–H and O–H groups in total. The number of aromatic nitrogens is 2. The molecule has 7 heteroatoms. The number of fused-ring (bicyclic) bond motifs is 4. The van der Waals surface area contributed by atoms with Crippen LogP contribution in [0.25, 0.3) is 33.5 Å². The molecule has 3 fully saturated rings. The van der Waals surface area contributed by atoms with Crippen molar-refractivity contribution < 1.29 is 13.9 Å². The second-order valence-electron chi connectivity index (χ2n) is 11.0. The van der Waals surface area contributed by atoms with Gasteiger partial charge in [0, 0.05) is 35.6 Å². The van der Waals surface area contributed by atoms with E-state index in [1.165, 1.54) is 19.3 Å². The number of carbonyl (C=O) groups excluding carboxylic acids is 1. The van der Waals surface area contributed by atoms with Crippen LogP contribution in [0.4, 0.5) is 0 Å². The number of methoxy groups -OCH3 is 1. The van der Waals surface area contributed by atoms with E-state index in [0.717, 1.165) is 52.9 Å². The number of piperidine rings is 1. The van der Waals surface area contributed by atoms with Crippen molar-refractivity contribution in [3.8, 4) is 17.2 Å². The lowest BCUT2D eigenvalue weighted by molar-refractivity contribution is 0.0695. The highest BCUT2D eigenvalue weighted by Gasteiger charge is 2.46. The maximum atomic E-state index is 13.6. The number of likely N-dealkylation sites (tertiary alicyclic amines) is 1. The first-order valence-electron chi connectivity index (χ1n) is 13.0. The minimum absolute atomic E-state index is 0.0755. The SMILES string of the molecule is COc1cc(C(=O)N2CC3CCC2C3C)cc2oc(-c3cc4ccc(Cl)nc4n3CC3CC3)c(C)c12. The van der Waals surface area contributed by atoms with E-state index in [0.29, 0.717) is 45.8 Å². The van der Waals surface area contributed by atoms with Crippen molar-refractivity contribution in [2.24, 2.45) is 17.8 Å². The lowest BCUT2D eigenvalue weighted by Crippen LogP contribution is -2.38. The van der Waals surface area contributed by atoms with Gasteiger partial charge < -0.3 is 18.6 Å². The van der Waals surface area contributed by atoms with E-state index in [1.807, 2.05) is 24.3 Å². The molecule has 1 aromatic carbocycles. The molecule has 3 aromatic heterocycles. The van der Waals surface area contributed by atoms with Crippen LogP contribution >= 0.6 is 11.6 Å². The van der Waals surface area contributed by atoms with Gasteiger partial charge in [0.2, 0.25) is 0 Å². The van der Waals surface area contributed by atoms with Gasteiger partial charge in [-0.2, -0.15) is 0 Å². The lowest BCUT2D eigenvalue weighted by Gasteiger charge is -2.27. The van der Waals surface area contributed by atoms with Crippen molar-refractivity contribution in [1.29, 1.82) is 0 Å². The molecular weight excluding hydrogens is 474 g/mol. The summed E-state index contributed by atoms with van der Waals surface area (Å²) in [6.07, 6.45) is 4.79. The van der Waals surface area contributed by atoms with Crippen LogP contribution in [-0.2, 0) is 6.54 Å². The summed E-state index contributed by atoms with van der Waals surface area (Å²) in [5.74, 6) is 3.39. The summed E-state index contributed by atoms with van der Waals surface area (Å²) in [5.41, 5.74) is 4.18. The van der Waals surface area contributed by atoms with Crippen LogP contribution in [0.1, 0.15) is 48.5 Å². The van der Waals surface area contributed by atoms with E-state index in [4.69, 9.17) is 20.8 Å². The summed E-state index contributed by atoms with van der Waals surface area (Å²) in [6, 6.07) is 10.1. The number of hydrogen-bond donors (Lipinski definition) is 0. The van der Waals surface area contributed by atoms with E-state index >= 15 is 0 Å². The molecule has 1 aliphatic heterocycles. The number of furan rings is 1. The Kier molecular flexibility index (Phi) is 4.94. The van der Waals surface area contributed by atoms with Crippen LogP contribution in [0.2, 0.25) is 5.15 Å². The van der Waals surface area contributed by atoms with Crippen molar-refractivity contribution in [2.45, 2.75) is 52.1 Å². The molecule has 1 saturated heterocycles. The van der Waals surface area contributed by atoms with Gasteiger partial charge in [-0.25, -0.2) is 4.98 Å². The maximum absolute atomic E-state index is 13.6. The summed E-state index contributed by atoms with van der Waals surface area (Å²) in [7, 11) is 1.66. The molecule has 7 rings (SSSR count). The molecule has 2 bridgehead atoms. The fourth-order valence-corrected chi connectivity index (χ4v) is 6.76. The Labute approximate surface area is 215 Å². The Bertz CT molecular complexity index is 1530. The molecule has 6 nitrogen and oxygen atoms in total. The minimum atomic E-state index is 0.0755. The van der Waals surface area contributed by atoms with E-state index in [9.17, 15) is 4.79 Å². The van der Waals surface area contributed by atoms with Crippen LogP contribution in [0.3, 0.4) is 0 Å². The third-order valence-electron chi connectivity index (χ3n) is 8.82. The predicted molar refractivity (Wildman–Crippen MR) is 141 cm³/mol. The quantitative estimate of drug-likeness (QED) is 0.284. The van der Waals surface area contributed by atoms with Crippen molar-refractivity contribution >= 4 is 39.5 Å². The average molecular weight is 504 g/mol. The second kappa shape index (κ2) is 8.01. The van der Waals surface area contributed by atoms with E-state index in [2.05, 4.69) is 34.4 Å². The van der Waals surface area contributed by atoms with E-state index in [-0.39, 0.29) is 5.91 Å². The zero-order valence-corrected chi connectivity index (χ0v) is 21.6. The van der Waals surface area contributed by atoms with Crippen molar-refractivity contribution in [2.75, 3.05) is 13.7 Å². The van der Waals surface area contributed by atoms with Gasteiger partial charge in [0.05, 0.1) is 18.2 Å². The van der Waals surface area contributed by atoms with Crippen LogP contribution in [0.15, 0.2) is 34.7 Å². The molecule has 36 heavy (non-hydrogen) atoms. The average Bonchev–Trinajstić information content (AvgIpc) is 3.29. The molecule has 2 saturated carbocycles. The first-order valence-corrected chi connectivity index (χ1v) is 13.4. The summed E-state index contributed by atoms with van der Waals surface area (Å²) in [4.78, 5) is 20.3. The van der Waals surface area contributed by atoms with Crippen LogP contribution in [0.5, 0.6) is 5.75 Å². The van der Waals surface area contributed by atoms with Crippen molar-refractivity contribution in [1.82, 2.24) is 14.5 Å². The number of nitrogens with zero attached hydrogens (tertiary/aromatic N) is 3. The summed E-state index contributed by atoms with van der Waals surface area (Å²) >= 11 is 6.27. The zero-order chi connectivity index (χ0) is 24.7. The fourth-order valence-electron chi connectivity index (χ4n) is 6.61. The lowest BCUT2D eigenvalue weighted by atomic mass is 10.0. The van der Waals surface area contributed by atoms with Gasteiger partial charge in [-0.05, 0) is 80.7 Å². The smallest absolute Gasteiger partial charge is 0.254 e. The molecule has 3 unspecified atom stereocenters. The van der Waals surface area contributed by atoms with Gasteiger partial charge in [0.15, 0.2) is 5.76 Å². The number of benzene rings is 1. The van der Waals surface area contributed by atoms with E-state index in [1.54, 1.807) is 7.11 Å². The maximum Gasteiger partial charge on any atom is 0.254 e. The summed E-state index contributed by atoms with van der Waals surface area (Å²) < 4.78 is 14.6. The first-order chi connectivity index (χ1) is 17.4. The minimum Gasteiger partial charge on any atom is -0.496 e. The second-order valence-corrected chi connectivity index (χ2v) is 11.3. The van der Waals surface area contributed by atoms with Crippen LogP contribution < -0.4 is 4.74 Å². The van der Waals surface area contributed by atoms with Gasteiger partial charge >= 0.3 is 0 Å². The Hall–Kier alpha value is -2.99. The molecule has 1 amide bonds. The molecule has 2 aliphatic carbocycles. The van der Waals surface area contributed by atoms with Crippen LogP contribution in [-0.4, -0.2) is 40.1 Å². The number of halogens is 1. The van der Waals surface area contributed by atoms with Gasteiger partial charge in [0.25, 0.3) is 5.91 Å². The van der Waals surface area contributed by atoms with Gasteiger partial charge in [0.1, 0.15) is 22.1 Å². The normalized spacial score (nSPS) is 23.3. The topological polar surface area (TPSA) is 60.5 Å². The van der Waals surface area contributed by atoms with Crippen molar-refractivity contribution in [3.63, 3.8) is 0 Å². The summed E-state index contributed by atoms with van der Waals surface area (Å²) in [6.45, 7) is 6.08. The van der Waals surface area contributed by atoms with Gasteiger partial charge in [-0.1, -0.05) is 18.5 Å². The number of hydrogen-bond acceptors (Lipinski definition) is 4. The number of amides is 1. The Morgan fingerprint density at radius 1 is 1.19 bits per heavy atom. The Morgan fingerprint density at radius 3 is 2.72 bits per heavy atom. The Balaban J connectivity index is 1.35. The number of pyridine rings is 1. The largest absolute Gasteiger partial charge is 0.496 e. The summed E-state index contributed by atoms with van der Waals surface area (Å²) in [5, 5.41) is 2.44. The molecule has 0 radical (unpaired) electrons. The molecular formula is C29H30ClN3O3. The third-order valence-corrected chi connectivity index (χ3v) is 9.03. The standard InChI is InChI=1S/C29H30ClN3O3/c1-15-19-6-8-21(15)33(14-19)29(34)20-11-23(35-3)26-16(2)27(36-24(26)12-20)22-10-18-7-9-25(30)31-28(18)32(22)13-17-4-5-17/h7,9-12,15,17,19,21H,4-6,8,13-14H2,1-3H3. The van der Waals surface area contributed by atoms with Crippen LogP contribution in [0, 0.1) is 24.7 Å². The highest BCUT2D eigenvalue weighted by molar-refractivity contribution is 6.29. The Morgan fingerprint density at radius 2 is 2.03 bits per heavy atom. The zero-order valence-electron chi connectivity index (χ0n) is 20.9. The van der Waals surface area contributed by atoms with E-state index < -0.39 is 0 Å². The molecule has 3 atom stereocenters. The molecule has 3 aliphatic rings. The highest BCUT2D eigenvalue weighted by Crippen LogP contribution is 2.45. The number of aryl methyl sites for hydroxylation is 1. The van der Waals surface area contributed by atoms with Gasteiger partial charge in [-0.15, -0.1) is 0 Å². The first kappa shape index (κ1) is 22.2. The van der Waals surface area contributed by atoms with Crippen molar-refractivity contribution in [3.05, 3.63) is 46.6 Å². The number of ether oxygens (including phenoxy) is 1. The van der Waals surface area contributed by atoms with Gasteiger partial charge in [-0.3, -0.25) is 4.79 Å². The molecule has 186 valence electrons. The third kappa shape index (κ3) is 3.30. The molecule has 4 heterocycles. The predicted octanol–water partition coefficient (Wildman–Crippen LogP) is 6.70. The molecule has 4 aromatic rings. The fraction of sp³-hybridized carbons (Fsp3) is 0.448. The monoisotopic (exact) mass is 503 g/mol.